The van der Waals surface area contributed by atoms with E-state index in [1.165, 1.54) is 12.1 Å². The number of nitrogens with one attached hydrogen (secondary N) is 1. The van der Waals surface area contributed by atoms with Crippen LogP contribution in [-0.2, 0) is 4.79 Å². The zero-order chi connectivity index (χ0) is 21.3. The van der Waals surface area contributed by atoms with E-state index in [1.54, 1.807) is 21.9 Å². The van der Waals surface area contributed by atoms with Gasteiger partial charge in [0.25, 0.3) is 5.91 Å². The topological polar surface area (TPSA) is 71.1 Å². The number of nitrogens with zero attached hydrogens (tertiary/aromatic N) is 2. The number of anilines is 1. The van der Waals surface area contributed by atoms with Gasteiger partial charge in [0.15, 0.2) is 11.5 Å². The predicted molar refractivity (Wildman–Crippen MR) is 115 cm³/mol. The Morgan fingerprint density at radius 3 is 2.27 bits per heavy atom. The summed E-state index contributed by atoms with van der Waals surface area (Å²) in [4.78, 5) is 28.7. The zero-order valence-corrected chi connectivity index (χ0v) is 18.0. The molecule has 10 heteroatoms. The number of rotatable bonds is 2. The van der Waals surface area contributed by atoms with Crippen molar-refractivity contribution in [2.75, 3.05) is 38.1 Å². The lowest BCUT2D eigenvalue weighted by molar-refractivity contribution is -0.142. The largest absolute Gasteiger partial charge is 0.485 e. The van der Waals surface area contributed by atoms with Gasteiger partial charge in [0.2, 0.25) is 6.10 Å². The van der Waals surface area contributed by atoms with Crippen molar-refractivity contribution in [3.05, 3.63) is 51.5 Å². The van der Waals surface area contributed by atoms with E-state index in [0.29, 0.717) is 58.4 Å². The molecule has 0 radical (unpaired) electrons. The molecular formula is C20H18Cl3N3O4. The Morgan fingerprint density at radius 2 is 1.53 bits per heavy atom. The smallest absolute Gasteiger partial charge is 0.322 e. The van der Waals surface area contributed by atoms with Crippen LogP contribution in [0.25, 0.3) is 0 Å². The van der Waals surface area contributed by atoms with Crippen molar-refractivity contribution in [3.63, 3.8) is 0 Å². The second-order valence-electron chi connectivity index (χ2n) is 6.85. The van der Waals surface area contributed by atoms with Crippen LogP contribution in [0.15, 0.2) is 36.4 Å². The first-order chi connectivity index (χ1) is 14.4. The number of fused-ring (bicyclic) bond motifs is 1. The van der Waals surface area contributed by atoms with Crippen LogP contribution >= 0.6 is 34.8 Å². The third-order valence-electron chi connectivity index (χ3n) is 4.91. The van der Waals surface area contributed by atoms with Gasteiger partial charge in [0.1, 0.15) is 6.61 Å². The van der Waals surface area contributed by atoms with Crippen LogP contribution in [0.4, 0.5) is 10.5 Å². The first kappa shape index (κ1) is 20.9. The Bertz CT molecular complexity index is 980. The highest BCUT2D eigenvalue weighted by Crippen LogP contribution is 2.33. The quantitative estimate of drug-likeness (QED) is 0.669. The molecule has 7 nitrogen and oxygen atoms in total. The van der Waals surface area contributed by atoms with E-state index in [2.05, 4.69) is 5.32 Å². The van der Waals surface area contributed by atoms with Crippen LogP contribution in [0.2, 0.25) is 15.1 Å². The van der Waals surface area contributed by atoms with Crippen LogP contribution in [0, 0.1) is 0 Å². The number of carbonyl (C=O) groups excluding carboxylic acids is 2. The first-order valence-corrected chi connectivity index (χ1v) is 10.4. The molecule has 1 unspecified atom stereocenters. The summed E-state index contributed by atoms with van der Waals surface area (Å²) in [5.74, 6) is 1.03. The van der Waals surface area contributed by atoms with E-state index in [4.69, 9.17) is 44.3 Å². The Morgan fingerprint density at radius 1 is 0.900 bits per heavy atom. The van der Waals surface area contributed by atoms with Gasteiger partial charge in [0.05, 0.1) is 20.8 Å². The molecule has 1 N–H and O–H groups in total. The van der Waals surface area contributed by atoms with E-state index in [-0.39, 0.29) is 18.5 Å². The maximum Gasteiger partial charge on any atom is 0.322 e. The van der Waals surface area contributed by atoms with Gasteiger partial charge < -0.3 is 24.6 Å². The molecule has 1 fully saturated rings. The third kappa shape index (κ3) is 4.38. The molecule has 0 spiro atoms. The molecule has 2 aliphatic heterocycles. The van der Waals surface area contributed by atoms with Crippen molar-refractivity contribution < 1.29 is 19.1 Å². The summed E-state index contributed by atoms with van der Waals surface area (Å²) < 4.78 is 11.4. The SMILES string of the molecule is O=C(Nc1cc(Cl)c(Cl)cc1Cl)N1CCN(C(=O)C2COc3ccccc3O2)CC1. The summed E-state index contributed by atoms with van der Waals surface area (Å²) >= 11 is 18.0. The van der Waals surface area contributed by atoms with Crippen LogP contribution < -0.4 is 14.8 Å². The van der Waals surface area contributed by atoms with Gasteiger partial charge in [-0.25, -0.2) is 4.79 Å². The molecule has 30 heavy (non-hydrogen) atoms. The fraction of sp³-hybridized carbons (Fsp3) is 0.300. The van der Waals surface area contributed by atoms with Crippen molar-refractivity contribution in [3.8, 4) is 11.5 Å². The average molecular weight is 471 g/mol. The number of ether oxygens (including phenoxy) is 2. The number of hydrogen-bond donors (Lipinski definition) is 1. The van der Waals surface area contributed by atoms with E-state index in [0.717, 1.165) is 0 Å². The fourth-order valence-electron chi connectivity index (χ4n) is 3.29. The molecule has 4 rings (SSSR count). The van der Waals surface area contributed by atoms with Crippen LogP contribution in [0.5, 0.6) is 11.5 Å². The van der Waals surface area contributed by atoms with Gasteiger partial charge in [-0.15, -0.1) is 0 Å². The van der Waals surface area contributed by atoms with Gasteiger partial charge >= 0.3 is 6.03 Å². The number of carbonyl (C=O) groups is 2. The standard InChI is InChI=1S/C20H18Cl3N3O4/c21-12-9-14(23)15(10-13(12)22)24-20(28)26-7-5-25(6-8-26)19(27)18-11-29-16-3-1-2-4-17(16)30-18/h1-4,9-10,18H,5-8,11H2,(H,24,28). The molecule has 2 aromatic rings. The monoisotopic (exact) mass is 469 g/mol. The molecule has 2 aliphatic rings. The number of piperazine rings is 1. The van der Waals surface area contributed by atoms with Crippen molar-refractivity contribution in [2.24, 2.45) is 0 Å². The normalized spacial score (nSPS) is 18.2. The van der Waals surface area contributed by atoms with E-state index in [1.807, 2.05) is 12.1 Å². The Kier molecular flexibility index (Phi) is 6.13. The predicted octanol–water partition coefficient (Wildman–Crippen LogP) is 4.16. The summed E-state index contributed by atoms with van der Waals surface area (Å²) in [5.41, 5.74) is 0.376. The van der Waals surface area contributed by atoms with Gasteiger partial charge in [-0.05, 0) is 24.3 Å². The van der Waals surface area contributed by atoms with Crippen molar-refractivity contribution in [1.29, 1.82) is 0 Å². The highest BCUT2D eigenvalue weighted by molar-refractivity contribution is 6.44. The summed E-state index contributed by atoms with van der Waals surface area (Å²) in [7, 11) is 0. The van der Waals surface area contributed by atoms with Crippen molar-refractivity contribution >= 4 is 52.4 Å². The molecule has 2 aromatic carbocycles. The van der Waals surface area contributed by atoms with Crippen LogP contribution in [0.3, 0.4) is 0 Å². The summed E-state index contributed by atoms with van der Waals surface area (Å²) in [6, 6.07) is 9.89. The summed E-state index contributed by atoms with van der Waals surface area (Å²) in [6.07, 6.45) is -0.699. The summed E-state index contributed by atoms with van der Waals surface area (Å²) in [5, 5.41) is 3.63. The van der Waals surface area contributed by atoms with E-state index >= 15 is 0 Å². The van der Waals surface area contributed by atoms with Gasteiger partial charge in [0, 0.05) is 26.2 Å². The molecule has 3 amide bonds. The van der Waals surface area contributed by atoms with Crippen molar-refractivity contribution in [1.82, 2.24) is 9.80 Å². The molecule has 1 atom stereocenters. The Balaban J connectivity index is 1.32. The number of benzene rings is 2. The molecule has 1 saturated heterocycles. The maximum atomic E-state index is 12.8. The highest BCUT2D eigenvalue weighted by atomic mass is 35.5. The molecule has 0 saturated carbocycles. The average Bonchev–Trinajstić information content (AvgIpc) is 2.76. The lowest BCUT2D eigenvalue weighted by Gasteiger charge is -2.37. The lowest BCUT2D eigenvalue weighted by atomic mass is 10.2. The molecule has 0 aliphatic carbocycles. The van der Waals surface area contributed by atoms with Crippen molar-refractivity contribution in [2.45, 2.75) is 6.10 Å². The molecule has 2 heterocycles. The minimum Gasteiger partial charge on any atom is -0.485 e. The lowest BCUT2D eigenvalue weighted by Crippen LogP contribution is -2.55. The maximum absolute atomic E-state index is 12.8. The number of hydrogen-bond acceptors (Lipinski definition) is 4. The van der Waals surface area contributed by atoms with E-state index < -0.39 is 6.10 Å². The molecule has 0 bridgehead atoms. The number of urea groups is 1. The highest BCUT2D eigenvalue weighted by Gasteiger charge is 2.33. The van der Waals surface area contributed by atoms with E-state index in [9.17, 15) is 9.59 Å². The molecular weight excluding hydrogens is 453 g/mol. The Hall–Kier alpha value is -2.35. The van der Waals surface area contributed by atoms with Gasteiger partial charge in [-0.1, -0.05) is 46.9 Å². The number of amides is 3. The van der Waals surface area contributed by atoms with Crippen LogP contribution in [0.1, 0.15) is 0 Å². The fourth-order valence-corrected chi connectivity index (χ4v) is 3.88. The second kappa shape index (κ2) is 8.79. The van der Waals surface area contributed by atoms with Gasteiger partial charge in [-0.3, -0.25) is 4.79 Å². The third-order valence-corrected chi connectivity index (χ3v) is 5.95. The molecule has 158 valence electrons. The number of para-hydroxylation sites is 2. The minimum absolute atomic E-state index is 0.155. The second-order valence-corrected chi connectivity index (χ2v) is 8.07. The van der Waals surface area contributed by atoms with Crippen LogP contribution in [-0.4, -0.2) is 60.6 Å². The molecule has 0 aromatic heterocycles. The summed E-state index contributed by atoms with van der Waals surface area (Å²) in [6.45, 7) is 1.69. The van der Waals surface area contributed by atoms with Gasteiger partial charge in [-0.2, -0.15) is 0 Å². The Labute approximate surface area is 188 Å². The minimum atomic E-state index is -0.699. The number of halogens is 3. The first-order valence-electron chi connectivity index (χ1n) is 9.30. The zero-order valence-electron chi connectivity index (χ0n) is 15.7.